The molecule has 0 radical (unpaired) electrons. The lowest BCUT2D eigenvalue weighted by molar-refractivity contribution is 0.0353. The number of hydrogen-bond donors (Lipinski definition) is 1. The number of nitrogens with zero attached hydrogens (tertiary/aromatic N) is 1. The van der Waals surface area contributed by atoms with Crippen LogP contribution in [0.4, 0.5) is 0 Å². The van der Waals surface area contributed by atoms with Crippen LogP contribution in [0.25, 0.3) is 0 Å². The zero-order valence-electron chi connectivity index (χ0n) is 13.7. The summed E-state index contributed by atoms with van der Waals surface area (Å²) in [5.41, 5.74) is 0.305. The summed E-state index contributed by atoms with van der Waals surface area (Å²) in [6.07, 6.45) is 3.76. The molecule has 2 atom stereocenters. The van der Waals surface area contributed by atoms with E-state index in [1.807, 2.05) is 0 Å². The molecule has 1 N–H and O–H groups in total. The molecule has 0 spiro atoms. The van der Waals surface area contributed by atoms with E-state index in [4.69, 9.17) is 4.74 Å². The van der Waals surface area contributed by atoms with Crippen molar-refractivity contribution in [2.45, 2.75) is 53.0 Å². The molecule has 1 aliphatic rings. The van der Waals surface area contributed by atoms with Gasteiger partial charge in [-0.1, -0.05) is 20.8 Å². The largest absolute Gasteiger partial charge is 0.381 e. The van der Waals surface area contributed by atoms with Crippen LogP contribution in [0.15, 0.2) is 0 Å². The van der Waals surface area contributed by atoms with Gasteiger partial charge in [0, 0.05) is 25.7 Å². The lowest BCUT2D eigenvalue weighted by atomic mass is 9.84. The van der Waals surface area contributed by atoms with E-state index in [0.29, 0.717) is 11.5 Å². The molecule has 114 valence electrons. The highest BCUT2D eigenvalue weighted by Crippen LogP contribution is 2.23. The zero-order chi connectivity index (χ0) is 14.3. The van der Waals surface area contributed by atoms with Crippen molar-refractivity contribution in [3.63, 3.8) is 0 Å². The minimum absolute atomic E-state index is 0.305. The van der Waals surface area contributed by atoms with E-state index < -0.39 is 0 Å². The maximum Gasteiger partial charge on any atom is 0.0506 e. The SMILES string of the molecule is CCCNC(C)C(C)(C)CN(C)CC1CCCOC1. The summed E-state index contributed by atoms with van der Waals surface area (Å²) in [6, 6.07) is 0.553. The van der Waals surface area contributed by atoms with Crippen molar-refractivity contribution in [2.75, 3.05) is 39.9 Å². The lowest BCUT2D eigenvalue weighted by Crippen LogP contribution is -2.47. The Morgan fingerprint density at radius 3 is 2.74 bits per heavy atom. The maximum absolute atomic E-state index is 5.57. The van der Waals surface area contributed by atoms with Gasteiger partial charge >= 0.3 is 0 Å². The highest BCUT2D eigenvalue weighted by atomic mass is 16.5. The van der Waals surface area contributed by atoms with E-state index >= 15 is 0 Å². The predicted molar refractivity (Wildman–Crippen MR) is 82.6 cm³/mol. The first-order chi connectivity index (χ1) is 8.95. The van der Waals surface area contributed by atoms with Gasteiger partial charge in [0.15, 0.2) is 0 Å². The van der Waals surface area contributed by atoms with Crippen LogP contribution < -0.4 is 5.32 Å². The van der Waals surface area contributed by atoms with Crippen LogP contribution in [0.2, 0.25) is 0 Å². The number of ether oxygens (including phenoxy) is 1. The van der Waals surface area contributed by atoms with E-state index in [0.717, 1.165) is 32.2 Å². The minimum Gasteiger partial charge on any atom is -0.381 e. The zero-order valence-corrected chi connectivity index (χ0v) is 13.7. The van der Waals surface area contributed by atoms with Crippen molar-refractivity contribution < 1.29 is 4.74 Å². The van der Waals surface area contributed by atoms with E-state index in [-0.39, 0.29) is 0 Å². The first-order valence-electron chi connectivity index (χ1n) is 7.95. The van der Waals surface area contributed by atoms with Gasteiger partial charge in [0.2, 0.25) is 0 Å². The molecule has 3 heteroatoms. The van der Waals surface area contributed by atoms with E-state index in [1.165, 1.54) is 25.8 Å². The number of nitrogens with one attached hydrogen (secondary N) is 1. The average Bonchev–Trinajstić information content (AvgIpc) is 2.36. The molecule has 0 aromatic heterocycles. The van der Waals surface area contributed by atoms with Crippen LogP contribution >= 0.6 is 0 Å². The molecule has 1 aliphatic heterocycles. The minimum atomic E-state index is 0.305. The molecule has 1 fully saturated rings. The Labute approximate surface area is 120 Å². The Bertz CT molecular complexity index is 237. The molecule has 1 heterocycles. The summed E-state index contributed by atoms with van der Waals surface area (Å²) >= 11 is 0. The first-order valence-corrected chi connectivity index (χ1v) is 7.95. The van der Waals surface area contributed by atoms with Crippen LogP contribution in [0, 0.1) is 11.3 Å². The van der Waals surface area contributed by atoms with Gasteiger partial charge < -0.3 is 15.0 Å². The third kappa shape index (κ3) is 6.24. The molecule has 1 rings (SSSR count). The van der Waals surface area contributed by atoms with Gasteiger partial charge in [0.1, 0.15) is 0 Å². The molecule has 2 unspecified atom stereocenters. The fraction of sp³-hybridized carbons (Fsp3) is 1.00. The summed E-state index contributed by atoms with van der Waals surface area (Å²) in [4.78, 5) is 2.49. The normalized spacial score (nSPS) is 22.7. The monoisotopic (exact) mass is 270 g/mol. The van der Waals surface area contributed by atoms with Gasteiger partial charge in [-0.3, -0.25) is 0 Å². The van der Waals surface area contributed by atoms with Gasteiger partial charge in [-0.15, -0.1) is 0 Å². The number of hydrogen-bond acceptors (Lipinski definition) is 3. The van der Waals surface area contributed by atoms with Gasteiger partial charge in [-0.2, -0.15) is 0 Å². The number of rotatable bonds is 8. The topological polar surface area (TPSA) is 24.5 Å². The molecule has 19 heavy (non-hydrogen) atoms. The fourth-order valence-electron chi connectivity index (χ4n) is 2.93. The molecular weight excluding hydrogens is 236 g/mol. The van der Waals surface area contributed by atoms with Crippen LogP contribution in [-0.4, -0.2) is 50.8 Å². The predicted octanol–water partition coefficient (Wildman–Crippen LogP) is 2.76. The van der Waals surface area contributed by atoms with Crippen molar-refractivity contribution in [1.29, 1.82) is 0 Å². The highest BCUT2D eigenvalue weighted by Gasteiger charge is 2.27. The Morgan fingerprint density at radius 1 is 1.42 bits per heavy atom. The highest BCUT2D eigenvalue weighted by molar-refractivity contribution is 4.83. The summed E-state index contributed by atoms with van der Waals surface area (Å²) in [6.45, 7) is 14.6. The van der Waals surface area contributed by atoms with Crippen molar-refractivity contribution in [3.8, 4) is 0 Å². The van der Waals surface area contributed by atoms with Crippen LogP contribution in [0.1, 0.15) is 47.0 Å². The summed E-state index contributed by atoms with van der Waals surface area (Å²) in [7, 11) is 2.25. The molecule has 3 nitrogen and oxygen atoms in total. The molecule has 0 aromatic rings. The van der Waals surface area contributed by atoms with Gasteiger partial charge in [-0.25, -0.2) is 0 Å². The summed E-state index contributed by atoms with van der Waals surface area (Å²) < 4.78 is 5.57. The van der Waals surface area contributed by atoms with Crippen molar-refractivity contribution in [1.82, 2.24) is 10.2 Å². The van der Waals surface area contributed by atoms with E-state index in [9.17, 15) is 0 Å². The quantitative estimate of drug-likeness (QED) is 0.734. The van der Waals surface area contributed by atoms with Gasteiger partial charge in [0.05, 0.1) is 6.61 Å². The first kappa shape index (κ1) is 16.9. The Kier molecular flexibility index (Phi) is 7.33. The molecule has 0 aromatic carbocycles. The van der Waals surface area contributed by atoms with E-state index in [2.05, 4.69) is 45.0 Å². The molecule has 0 aliphatic carbocycles. The Balaban J connectivity index is 2.33. The Morgan fingerprint density at radius 2 is 2.16 bits per heavy atom. The smallest absolute Gasteiger partial charge is 0.0506 e. The van der Waals surface area contributed by atoms with Crippen molar-refractivity contribution in [2.24, 2.45) is 11.3 Å². The van der Waals surface area contributed by atoms with Crippen LogP contribution in [0.3, 0.4) is 0 Å². The second-order valence-electron chi connectivity index (χ2n) is 6.94. The summed E-state index contributed by atoms with van der Waals surface area (Å²) in [5, 5.41) is 3.63. The Hall–Kier alpha value is -0.120. The van der Waals surface area contributed by atoms with Crippen LogP contribution in [-0.2, 0) is 4.74 Å². The van der Waals surface area contributed by atoms with Crippen molar-refractivity contribution in [3.05, 3.63) is 0 Å². The molecular formula is C16H34N2O. The molecule has 0 amide bonds. The van der Waals surface area contributed by atoms with Crippen LogP contribution in [0.5, 0.6) is 0 Å². The maximum atomic E-state index is 5.57. The molecule has 0 saturated carbocycles. The van der Waals surface area contributed by atoms with Gasteiger partial charge in [0.25, 0.3) is 0 Å². The average molecular weight is 270 g/mol. The van der Waals surface area contributed by atoms with E-state index in [1.54, 1.807) is 0 Å². The molecule has 0 bridgehead atoms. The third-order valence-corrected chi connectivity index (χ3v) is 4.37. The fourth-order valence-corrected chi connectivity index (χ4v) is 2.93. The van der Waals surface area contributed by atoms with Crippen molar-refractivity contribution >= 4 is 0 Å². The van der Waals surface area contributed by atoms with Gasteiger partial charge in [-0.05, 0) is 51.1 Å². The third-order valence-electron chi connectivity index (χ3n) is 4.37. The second-order valence-corrected chi connectivity index (χ2v) is 6.94. The lowest BCUT2D eigenvalue weighted by Gasteiger charge is -2.37. The standard InChI is InChI=1S/C16H34N2O/c1-6-9-17-14(2)16(3,4)13-18(5)11-15-8-7-10-19-12-15/h14-15,17H,6-13H2,1-5H3. The summed E-state index contributed by atoms with van der Waals surface area (Å²) in [5.74, 6) is 0.730. The molecule has 1 saturated heterocycles. The second kappa shape index (κ2) is 8.23.